The molecule has 2 rings (SSSR count). The van der Waals surface area contributed by atoms with Gasteiger partial charge in [-0.3, -0.25) is 0 Å². The Morgan fingerprint density at radius 2 is 1.27 bits per heavy atom. The Balaban J connectivity index is 1.83. The highest BCUT2D eigenvalue weighted by Crippen LogP contribution is 2.33. The Hall–Kier alpha value is -0.0800. The van der Waals surface area contributed by atoms with Crippen molar-refractivity contribution in [2.24, 2.45) is 11.8 Å². The third-order valence-corrected chi connectivity index (χ3v) is 4.13. The van der Waals surface area contributed by atoms with E-state index in [0.29, 0.717) is 0 Å². The lowest BCUT2D eigenvalue weighted by Gasteiger charge is -2.31. The molecule has 2 aliphatic rings. The molecule has 1 saturated carbocycles. The molecule has 88 valence electrons. The molecule has 2 fully saturated rings. The van der Waals surface area contributed by atoms with E-state index >= 15 is 0 Å². The van der Waals surface area contributed by atoms with Gasteiger partial charge in [0.15, 0.2) is 0 Å². The molecule has 2 heteroatoms. The first-order valence-corrected chi connectivity index (χ1v) is 6.88. The normalized spacial score (nSPS) is 35.2. The third-order valence-electron chi connectivity index (χ3n) is 4.13. The first-order valence-electron chi connectivity index (χ1n) is 6.88. The predicted molar refractivity (Wildman–Crippen MR) is 65.0 cm³/mol. The van der Waals surface area contributed by atoms with Crippen LogP contribution in [0, 0.1) is 11.8 Å². The second kappa shape index (κ2) is 6.49. The van der Waals surface area contributed by atoms with E-state index < -0.39 is 0 Å². The summed E-state index contributed by atoms with van der Waals surface area (Å²) in [5, 5.41) is 7.12. The number of hydrogen-bond acceptors (Lipinski definition) is 2. The highest BCUT2D eigenvalue weighted by Gasteiger charge is 2.24. The molecule has 0 aromatic heterocycles. The van der Waals surface area contributed by atoms with E-state index in [9.17, 15) is 0 Å². The average Bonchev–Trinajstić information content (AvgIpc) is 2.32. The fraction of sp³-hybridized carbons (Fsp3) is 1.00. The number of nitrogens with one attached hydrogen (secondary N) is 2. The molecule has 2 atom stereocenters. The molecule has 1 saturated heterocycles. The van der Waals surface area contributed by atoms with Crippen molar-refractivity contribution >= 4 is 0 Å². The van der Waals surface area contributed by atoms with E-state index in [-0.39, 0.29) is 0 Å². The van der Waals surface area contributed by atoms with Crippen molar-refractivity contribution in [3.05, 3.63) is 0 Å². The van der Waals surface area contributed by atoms with Crippen LogP contribution in [0.5, 0.6) is 0 Å². The van der Waals surface area contributed by atoms with Crippen molar-refractivity contribution in [1.82, 2.24) is 10.6 Å². The third kappa shape index (κ3) is 3.76. The Morgan fingerprint density at radius 1 is 0.600 bits per heavy atom. The van der Waals surface area contributed by atoms with Crippen molar-refractivity contribution in [3.8, 4) is 0 Å². The summed E-state index contributed by atoms with van der Waals surface area (Å²) < 4.78 is 0. The largest absolute Gasteiger partial charge is 0.315 e. The van der Waals surface area contributed by atoms with Gasteiger partial charge in [-0.1, -0.05) is 32.1 Å². The molecule has 15 heavy (non-hydrogen) atoms. The summed E-state index contributed by atoms with van der Waals surface area (Å²) in [7, 11) is 0. The summed E-state index contributed by atoms with van der Waals surface area (Å²) >= 11 is 0. The zero-order valence-electron chi connectivity index (χ0n) is 9.93. The lowest BCUT2D eigenvalue weighted by atomic mass is 9.76. The molecule has 1 aliphatic carbocycles. The van der Waals surface area contributed by atoms with Crippen LogP contribution in [0.15, 0.2) is 0 Å². The van der Waals surface area contributed by atoms with Gasteiger partial charge >= 0.3 is 0 Å². The van der Waals surface area contributed by atoms with Crippen LogP contribution in [0.1, 0.15) is 44.9 Å². The summed E-state index contributed by atoms with van der Waals surface area (Å²) in [5.74, 6) is 2.01. The Morgan fingerprint density at radius 3 is 2.13 bits per heavy atom. The molecule has 0 aromatic carbocycles. The van der Waals surface area contributed by atoms with Crippen molar-refractivity contribution in [2.45, 2.75) is 44.9 Å². The zero-order chi connectivity index (χ0) is 10.3. The van der Waals surface area contributed by atoms with E-state index in [0.717, 1.165) is 24.9 Å². The summed E-state index contributed by atoms with van der Waals surface area (Å²) in [4.78, 5) is 0. The van der Waals surface area contributed by atoms with Crippen LogP contribution in [-0.2, 0) is 0 Å². The fourth-order valence-electron chi connectivity index (χ4n) is 3.18. The van der Waals surface area contributed by atoms with Crippen LogP contribution in [0.25, 0.3) is 0 Å². The maximum absolute atomic E-state index is 3.62. The summed E-state index contributed by atoms with van der Waals surface area (Å²) in [5.41, 5.74) is 0. The first-order chi connectivity index (χ1) is 7.47. The van der Waals surface area contributed by atoms with Gasteiger partial charge in [-0.2, -0.15) is 0 Å². The smallest absolute Gasteiger partial charge is 0.00768 e. The van der Waals surface area contributed by atoms with Crippen molar-refractivity contribution < 1.29 is 0 Å². The van der Waals surface area contributed by atoms with Gasteiger partial charge < -0.3 is 10.6 Å². The maximum Gasteiger partial charge on any atom is 0.00768 e. The molecule has 2 N–H and O–H groups in total. The standard InChI is InChI=1S/C13H26N2/c1-2-7-13-11-15-10-9-14-8-4-3-6-12(13)5-1/h12-15H,1-11H2. The first kappa shape index (κ1) is 11.4. The van der Waals surface area contributed by atoms with Crippen molar-refractivity contribution in [1.29, 1.82) is 0 Å². The zero-order valence-corrected chi connectivity index (χ0v) is 9.93. The second-order valence-corrected chi connectivity index (χ2v) is 5.25. The van der Waals surface area contributed by atoms with Gasteiger partial charge in [-0.25, -0.2) is 0 Å². The van der Waals surface area contributed by atoms with Gasteiger partial charge in [0.05, 0.1) is 0 Å². The molecular weight excluding hydrogens is 184 g/mol. The fourth-order valence-corrected chi connectivity index (χ4v) is 3.18. The van der Waals surface area contributed by atoms with Crippen LogP contribution < -0.4 is 10.6 Å². The topological polar surface area (TPSA) is 24.1 Å². The van der Waals surface area contributed by atoms with Gasteiger partial charge in [-0.05, 0) is 37.8 Å². The van der Waals surface area contributed by atoms with Gasteiger partial charge in [-0.15, -0.1) is 0 Å². The van der Waals surface area contributed by atoms with Gasteiger partial charge in [0, 0.05) is 13.1 Å². The van der Waals surface area contributed by atoms with Crippen LogP contribution >= 0.6 is 0 Å². The molecule has 1 aliphatic heterocycles. The molecule has 2 unspecified atom stereocenters. The molecule has 2 nitrogen and oxygen atoms in total. The summed E-state index contributed by atoms with van der Waals surface area (Å²) in [6, 6.07) is 0. The highest BCUT2D eigenvalue weighted by atomic mass is 14.9. The Labute approximate surface area is 94.2 Å². The van der Waals surface area contributed by atoms with Crippen LogP contribution in [0.3, 0.4) is 0 Å². The Bertz CT molecular complexity index is 152. The van der Waals surface area contributed by atoms with Crippen LogP contribution in [-0.4, -0.2) is 26.2 Å². The lowest BCUT2D eigenvalue weighted by molar-refractivity contribution is 0.215. The second-order valence-electron chi connectivity index (χ2n) is 5.25. The predicted octanol–water partition coefficient (Wildman–Crippen LogP) is 2.16. The molecule has 0 radical (unpaired) electrons. The number of fused-ring (bicyclic) bond motifs is 1. The summed E-state index contributed by atoms with van der Waals surface area (Å²) in [6.07, 6.45) is 10.2. The minimum absolute atomic E-state index is 0.983. The SMILES string of the molecule is C1CCC2CCCCC2CNCCNC1. The minimum Gasteiger partial charge on any atom is -0.315 e. The highest BCUT2D eigenvalue weighted by molar-refractivity contribution is 4.77. The molecule has 0 aromatic rings. The number of rotatable bonds is 0. The molecule has 0 spiro atoms. The van der Waals surface area contributed by atoms with Crippen molar-refractivity contribution in [3.63, 3.8) is 0 Å². The maximum atomic E-state index is 3.62. The van der Waals surface area contributed by atoms with Crippen LogP contribution in [0.4, 0.5) is 0 Å². The Kier molecular flexibility index (Phi) is 4.94. The minimum atomic E-state index is 0.983. The lowest BCUT2D eigenvalue weighted by Crippen LogP contribution is -2.33. The summed E-state index contributed by atoms with van der Waals surface area (Å²) in [6.45, 7) is 4.80. The molecule has 0 amide bonds. The van der Waals surface area contributed by atoms with Crippen molar-refractivity contribution in [2.75, 3.05) is 26.2 Å². The molecule has 0 bridgehead atoms. The average molecular weight is 210 g/mol. The van der Waals surface area contributed by atoms with Crippen LogP contribution in [0.2, 0.25) is 0 Å². The van der Waals surface area contributed by atoms with Gasteiger partial charge in [0.25, 0.3) is 0 Å². The number of hydrogen-bond donors (Lipinski definition) is 2. The quantitative estimate of drug-likeness (QED) is 0.640. The van der Waals surface area contributed by atoms with E-state index in [2.05, 4.69) is 10.6 Å². The van der Waals surface area contributed by atoms with E-state index in [4.69, 9.17) is 0 Å². The molecular formula is C13H26N2. The van der Waals surface area contributed by atoms with Gasteiger partial charge in [0.2, 0.25) is 0 Å². The van der Waals surface area contributed by atoms with E-state index in [1.165, 1.54) is 58.0 Å². The molecule has 1 heterocycles. The van der Waals surface area contributed by atoms with Gasteiger partial charge in [0.1, 0.15) is 0 Å². The van der Waals surface area contributed by atoms with E-state index in [1.807, 2.05) is 0 Å². The monoisotopic (exact) mass is 210 g/mol. The van der Waals surface area contributed by atoms with E-state index in [1.54, 1.807) is 0 Å².